The molecule has 2 heterocycles. The molecule has 4 aromatic carbocycles. The average molecular weight is 756 g/mol. The van der Waals surface area contributed by atoms with Crippen molar-refractivity contribution in [3.63, 3.8) is 0 Å². The smallest absolute Gasteiger partial charge is 0.227 e. The second kappa shape index (κ2) is 15.8. The molecule has 0 bridgehead atoms. The fourth-order valence-corrected chi connectivity index (χ4v) is 4.87. The third-order valence-electron chi connectivity index (χ3n) is 7.40. The molecule has 0 aliphatic heterocycles. The normalized spacial score (nSPS) is 10.5. The maximum Gasteiger partial charge on any atom is 0.227 e. The molecular formula is C34H29Cl3N6O8. The molecule has 0 spiro atoms. The number of hydrogen-bond acceptors (Lipinski definition) is 14. The van der Waals surface area contributed by atoms with E-state index in [1.807, 2.05) is 0 Å². The van der Waals surface area contributed by atoms with Gasteiger partial charge in [-0.15, -0.1) is 0 Å². The fourth-order valence-electron chi connectivity index (χ4n) is 4.26. The monoisotopic (exact) mass is 754 g/mol. The standard InChI is InChI=1S/C24H21N3O6.C7H8O2.C3Cl3N3/c1-10-16(28)7-4-13(19(10)31)22-25-23(14-5-8-17(29)11(2)20(14)32)27-24(26-22)15-6-9-18(30)12(3)21(15)33;1-5-6(8)3-2-4-7(5)9;4-1-7-2(5)9-3(6)8-1/h4-9,28-33H,1-3H3;2-4,8-9H,1H3;. The van der Waals surface area contributed by atoms with Crippen molar-refractivity contribution >= 4 is 34.8 Å². The van der Waals surface area contributed by atoms with E-state index in [1.165, 1.54) is 69.3 Å². The molecular weight excluding hydrogens is 727 g/mol. The predicted molar refractivity (Wildman–Crippen MR) is 190 cm³/mol. The van der Waals surface area contributed by atoms with E-state index in [-0.39, 0.29) is 113 Å². The first kappa shape index (κ1) is 38.0. The molecule has 0 aliphatic carbocycles. The number of benzene rings is 4. The third-order valence-corrected chi connectivity index (χ3v) is 7.90. The van der Waals surface area contributed by atoms with E-state index in [4.69, 9.17) is 45.0 Å². The maximum absolute atomic E-state index is 10.6. The summed E-state index contributed by atoms with van der Waals surface area (Å²) in [5.41, 5.74) is 1.78. The van der Waals surface area contributed by atoms with Crippen molar-refractivity contribution in [1.29, 1.82) is 0 Å². The van der Waals surface area contributed by atoms with E-state index in [1.54, 1.807) is 13.0 Å². The highest BCUT2D eigenvalue weighted by Gasteiger charge is 2.21. The number of phenols is 8. The molecule has 0 saturated carbocycles. The quantitative estimate of drug-likeness (QED) is 0.0886. The average Bonchev–Trinajstić information content (AvgIpc) is 3.07. The number of hydrogen-bond donors (Lipinski definition) is 8. The number of aromatic nitrogens is 6. The lowest BCUT2D eigenvalue weighted by molar-refractivity contribution is 0.442. The molecule has 0 unspecified atom stereocenters. The maximum atomic E-state index is 10.6. The van der Waals surface area contributed by atoms with Crippen molar-refractivity contribution in [3.8, 4) is 80.2 Å². The Morgan fingerprint density at radius 3 is 0.863 bits per heavy atom. The van der Waals surface area contributed by atoms with E-state index in [0.29, 0.717) is 5.56 Å². The molecule has 0 atom stereocenters. The molecule has 0 fully saturated rings. The largest absolute Gasteiger partial charge is 0.508 e. The van der Waals surface area contributed by atoms with Crippen molar-refractivity contribution in [3.05, 3.63) is 92.7 Å². The van der Waals surface area contributed by atoms with E-state index in [2.05, 4.69) is 29.9 Å². The van der Waals surface area contributed by atoms with Crippen LogP contribution < -0.4 is 0 Å². The van der Waals surface area contributed by atoms with Crippen LogP contribution in [0.4, 0.5) is 0 Å². The van der Waals surface area contributed by atoms with Crippen LogP contribution >= 0.6 is 34.8 Å². The molecule has 14 nitrogen and oxygen atoms in total. The second-order valence-electron chi connectivity index (χ2n) is 10.7. The second-order valence-corrected chi connectivity index (χ2v) is 11.7. The first-order valence-electron chi connectivity index (χ1n) is 14.5. The Bertz CT molecular complexity index is 2010. The molecule has 264 valence electrons. The van der Waals surface area contributed by atoms with Crippen LogP contribution in [0.5, 0.6) is 46.0 Å². The summed E-state index contributed by atoms with van der Waals surface area (Å²) in [5.74, 6) is -0.716. The SMILES string of the molecule is Cc1c(O)ccc(-c2nc(-c3ccc(O)c(C)c3O)nc(-c3ccc(O)c(C)c3O)n2)c1O.Cc1c(O)cccc1O.Clc1nc(Cl)nc(Cl)n1. The highest BCUT2D eigenvalue weighted by Crippen LogP contribution is 2.41. The van der Waals surface area contributed by atoms with Gasteiger partial charge in [-0.3, -0.25) is 0 Å². The number of halogens is 3. The van der Waals surface area contributed by atoms with Gasteiger partial charge in [0.05, 0.1) is 16.7 Å². The van der Waals surface area contributed by atoms with Crippen molar-refractivity contribution in [1.82, 2.24) is 29.9 Å². The zero-order chi connectivity index (χ0) is 37.7. The minimum Gasteiger partial charge on any atom is -0.508 e. The summed E-state index contributed by atoms with van der Waals surface area (Å²) < 4.78 is 0. The van der Waals surface area contributed by atoms with Gasteiger partial charge in [0.25, 0.3) is 0 Å². The molecule has 6 aromatic rings. The number of nitrogens with zero attached hydrogens (tertiary/aromatic N) is 6. The van der Waals surface area contributed by atoms with E-state index >= 15 is 0 Å². The summed E-state index contributed by atoms with van der Waals surface area (Å²) in [6.07, 6.45) is 0. The molecule has 0 radical (unpaired) electrons. The molecule has 0 saturated heterocycles. The Morgan fingerprint density at radius 2 is 0.608 bits per heavy atom. The Balaban J connectivity index is 0.000000262. The van der Waals surface area contributed by atoms with Crippen LogP contribution in [-0.2, 0) is 0 Å². The van der Waals surface area contributed by atoms with Crippen LogP contribution in [-0.4, -0.2) is 70.8 Å². The zero-order valence-electron chi connectivity index (χ0n) is 27.1. The lowest BCUT2D eigenvalue weighted by Crippen LogP contribution is -2.01. The van der Waals surface area contributed by atoms with Gasteiger partial charge in [0.1, 0.15) is 46.0 Å². The summed E-state index contributed by atoms with van der Waals surface area (Å²) >= 11 is 16.0. The molecule has 2 aromatic heterocycles. The fraction of sp³-hybridized carbons (Fsp3) is 0.118. The Morgan fingerprint density at radius 1 is 0.353 bits per heavy atom. The van der Waals surface area contributed by atoms with Crippen molar-refractivity contribution in [2.45, 2.75) is 27.7 Å². The van der Waals surface area contributed by atoms with Crippen molar-refractivity contribution in [2.24, 2.45) is 0 Å². The summed E-state index contributed by atoms with van der Waals surface area (Å²) in [6.45, 7) is 6.25. The number of rotatable bonds is 3. The van der Waals surface area contributed by atoms with E-state index in [0.717, 1.165) is 0 Å². The van der Waals surface area contributed by atoms with E-state index in [9.17, 15) is 30.6 Å². The topological polar surface area (TPSA) is 239 Å². The van der Waals surface area contributed by atoms with Crippen LogP contribution in [0.1, 0.15) is 22.3 Å². The van der Waals surface area contributed by atoms with E-state index < -0.39 is 0 Å². The Kier molecular flexibility index (Phi) is 11.8. The van der Waals surface area contributed by atoms with Crippen molar-refractivity contribution in [2.75, 3.05) is 0 Å². The van der Waals surface area contributed by atoms with Gasteiger partial charge in [0.15, 0.2) is 17.5 Å². The van der Waals surface area contributed by atoms with Gasteiger partial charge in [0, 0.05) is 22.3 Å². The van der Waals surface area contributed by atoms with Gasteiger partial charge >= 0.3 is 0 Å². The molecule has 0 aliphatic rings. The summed E-state index contributed by atoms with van der Waals surface area (Å²) in [5, 5.41) is 79.4. The first-order chi connectivity index (χ1) is 24.0. The van der Waals surface area contributed by atoms with Gasteiger partial charge in [-0.2, -0.15) is 15.0 Å². The van der Waals surface area contributed by atoms with Crippen LogP contribution in [0.15, 0.2) is 54.6 Å². The van der Waals surface area contributed by atoms with Gasteiger partial charge < -0.3 is 40.9 Å². The summed E-state index contributed by atoms with van der Waals surface area (Å²) in [6, 6.07) is 13.1. The predicted octanol–water partition coefficient (Wildman–Crippen LogP) is 7.27. The highest BCUT2D eigenvalue weighted by molar-refractivity contribution is 6.33. The zero-order valence-corrected chi connectivity index (χ0v) is 29.4. The van der Waals surface area contributed by atoms with Gasteiger partial charge in [-0.05, 0) is 111 Å². The molecule has 17 heteroatoms. The minimum absolute atomic E-state index is 0.000000000000000444. The third kappa shape index (κ3) is 8.67. The lowest BCUT2D eigenvalue weighted by Gasteiger charge is -2.14. The van der Waals surface area contributed by atoms with Crippen LogP contribution in [0.3, 0.4) is 0 Å². The molecule has 51 heavy (non-hydrogen) atoms. The molecule has 8 N–H and O–H groups in total. The number of phenolic OH excluding ortho intramolecular Hbond substituents is 8. The van der Waals surface area contributed by atoms with Gasteiger partial charge in [-0.25, -0.2) is 15.0 Å². The summed E-state index contributed by atoms with van der Waals surface area (Å²) in [7, 11) is 0. The Hall–Kier alpha value is -5.83. The van der Waals surface area contributed by atoms with Crippen LogP contribution in [0.25, 0.3) is 34.2 Å². The Labute approximate surface area is 305 Å². The summed E-state index contributed by atoms with van der Waals surface area (Å²) in [4.78, 5) is 23.6. The van der Waals surface area contributed by atoms with Crippen LogP contribution in [0, 0.1) is 27.7 Å². The lowest BCUT2D eigenvalue weighted by atomic mass is 10.1. The molecule has 6 rings (SSSR count). The highest BCUT2D eigenvalue weighted by atomic mass is 35.5. The van der Waals surface area contributed by atoms with Gasteiger partial charge in [0.2, 0.25) is 15.9 Å². The van der Waals surface area contributed by atoms with Crippen LogP contribution in [0.2, 0.25) is 15.9 Å². The molecule has 0 amide bonds. The van der Waals surface area contributed by atoms with Crippen molar-refractivity contribution < 1.29 is 40.9 Å². The number of aromatic hydroxyl groups is 8. The van der Waals surface area contributed by atoms with Gasteiger partial charge in [-0.1, -0.05) is 6.07 Å². The first-order valence-corrected chi connectivity index (χ1v) is 15.6. The minimum atomic E-state index is -0.240.